The monoisotopic (exact) mass is 203 g/mol. The molecule has 1 N–H and O–H groups in total. The molecule has 0 unspecified atom stereocenters. The predicted molar refractivity (Wildman–Crippen MR) is 61.3 cm³/mol. The summed E-state index contributed by atoms with van der Waals surface area (Å²) in [6.07, 6.45) is 7.80. The number of nitrogens with one attached hydrogen (secondary N) is 1. The normalized spacial score (nSPS) is 12.7. The number of anilines is 1. The molecule has 0 bridgehead atoms. The van der Waals surface area contributed by atoms with Crippen LogP contribution in [0.2, 0.25) is 0 Å². The van der Waals surface area contributed by atoms with E-state index in [1.807, 2.05) is 36.6 Å². The molecule has 0 spiro atoms. The molecule has 0 amide bonds. The van der Waals surface area contributed by atoms with Crippen molar-refractivity contribution in [3.05, 3.63) is 36.0 Å². The molecule has 0 aliphatic carbocycles. The van der Waals surface area contributed by atoms with Crippen LogP contribution in [0.5, 0.6) is 11.5 Å². The lowest BCUT2D eigenvalue weighted by Crippen LogP contribution is -1.97. The molecule has 3 nitrogen and oxygen atoms in total. The first-order chi connectivity index (χ1) is 7.36. The Morgan fingerprint density at radius 3 is 2.67 bits per heavy atom. The second kappa shape index (κ2) is 4.09. The summed E-state index contributed by atoms with van der Waals surface area (Å²) in [6, 6.07) is 3.89. The third kappa shape index (κ3) is 1.68. The molecule has 0 atom stereocenters. The molecule has 1 aromatic carbocycles. The van der Waals surface area contributed by atoms with Crippen LogP contribution in [0.4, 0.5) is 5.69 Å². The second-order valence-electron chi connectivity index (χ2n) is 3.13. The van der Waals surface area contributed by atoms with E-state index in [1.54, 1.807) is 14.2 Å². The molecule has 78 valence electrons. The van der Waals surface area contributed by atoms with E-state index in [-0.39, 0.29) is 0 Å². The Labute approximate surface area is 89.0 Å². The summed E-state index contributed by atoms with van der Waals surface area (Å²) < 4.78 is 10.6. The summed E-state index contributed by atoms with van der Waals surface area (Å²) in [6.45, 7) is 0. The molecule has 0 radical (unpaired) electrons. The predicted octanol–water partition coefficient (Wildman–Crippen LogP) is 2.66. The second-order valence-corrected chi connectivity index (χ2v) is 3.13. The Hall–Kier alpha value is -1.90. The molecule has 1 aromatic rings. The molecule has 1 heterocycles. The van der Waals surface area contributed by atoms with Crippen molar-refractivity contribution in [1.29, 1.82) is 0 Å². The van der Waals surface area contributed by atoms with Gasteiger partial charge in [-0.2, -0.15) is 0 Å². The van der Waals surface area contributed by atoms with Gasteiger partial charge in [-0.25, -0.2) is 0 Å². The summed E-state index contributed by atoms with van der Waals surface area (Å²) in [5.41, 5.74) is 2.01. The fraction of sp³-hybridized carbons (Fsp3) is 0.167. The SMILES string of the molecule is COc1ccc2c(c1OC)NC=CC=C2. The Kier molecular flexibility index (Phi) is 2.63. The van der Waals surface area contributed by atoms with Gasteiger partial charge in [-0.05, 0) is 18.2 Å². The number of ether oxygens (including phenoxy) is 2. The number of fused-ring (bicyclic) bond motifs is 1. The molecule has 0 aromatic heterocycles. The van der Waals surface area contributed by atoms with Gasteiger partial charge < -0.3 is 14.8 Å². The van der Waals surface area contributed by atoms with Crippen molar-refractivity contribution in [3.63, 3.8) is 0 Å². The first kappa shape index (κ1) is 9.65. The lowest BCUT2D eigenvalue weighted by Gasteiger charge is -2.14. The maximum atomic E-state index is 5.33. The van der Waals surface area contributed by atoms with Crippen LogP contribution in [0.25, 0.3) is 6.08 Å². The van der Waals surface area contributed by atoms with Crippen molar-refractivity contribution in [2.75, 3.05) is 19.5 Å². The fourth-order valence-electron chi connectivity index (χ4n) is 1.58. The highest BCUT2D eigenvalue weighted by atomic mass is 16.5. The highest BCUT2D eigenvalue weighted by Crippen LogP contribution is 2.39. The fourth-order valence-corrected chi connectivity index (χ4v) is 1.58. The number of allylic oxidation sites excluding steroid dienone is 2. The van der Waals surface area contributed by atoms with Crippen LogP contribution in [0.3, 0.4) is 0 Å². The van der Waals surface area contributed by atoms with Gasteiger partial charge in [0.2, 0.25) is 0 Å². The number of benzene rings is 1. The van der Waals surface area contributed by atoms with Crippen LogP contribution >= 0.6 is 0 Å². The number of rotatable bonds is 2. The summed E-state index contributed by atoms with van der Waals surface area (Å²) in [5.74, 6) is 1.46. The third-order valence-electron chi connectivity index (χ3n) is 2.29. The molecule has 0 fully saturated rings. The minimum absolute atomic E-state index is 0.728. The maximum absolute atomic E-state index is 5.33. The summed E-state index contributed by atoms with van der Waals surface area (Å²) in [7, 11) is 3.27. The summed E-state index contributed by atoms with van der Waals surface area (Å²) in [5, 5.41) is 3.17. The molecule has 2 rings (SSSR count). The van der Waals surface area contributed by atoms with E-state index < -0.39 is 0 Å². The Balaban J connectivity index is 2.58. The van der Waals surface area contributed by atoms with Crippen molar-refractivity contribution < 1.29 is 9.47 Å². The van der Waals surface area contributed by atoms with Crippen LogP contribution in [0.15, 0.2) is 30.5 Å². The first-order valence-corrected chi connectivity index (χ1v) is 4.71. The van der Waals surface area contributed by atoms with E-state index in [2.05, 4.69) is 5.32 Å². The zero-order chi connectivity index (χ0) is 10.7. The highest BCUT2D eigenvalue weighted by molar-refractivity contribution is 5.78. The molecule has 3 heteroatoms. The number of hydrogen-bond donors (Lipinski definition) is 1. The molecular formula is C12H13NO2. The first-order valence-electron chi connectivity index (χ1n) is 4.71. The van der Waals surface area contributed by atoms with E-state index in [0.29, 0.717) is 0 Å². The Morgan fingerprint density at radius 1 is 1.07 bits per heavy atom. The van der Waals surface area contributed by atoms with E-state index in [0.717, 1.165) is 22.7 Å². The van der Waals surface area contributed by atoms with Gasteiger partial charge in [0.1, 0.15) is 0 Å². The van der Waals surface area contributed by atoms with Gasteiger partial charge in [-0.3, -0.25) is 0 Å². The van der Waals surface area contributed by atoms with Crippen molar-refractivity contribution in [3.8, 4) is 11.5 Å². The zero-order valence-electron chi connectivity index (χ0n) is 8.78. The lowest BCUT2D eigenvalue weighted by molar-refractivity contribution is 0.356. The van der Waals surface area contributed by atoms with E-state index in [9.17, 15) is 0 Å². The van der Waals surface area contributed by atoms with Crippen molar-refractivity contribution in [2.24, 2.45) is 0 Å². The third-order valence-corrected chi connectivity index (χ3v) is 2.29. The minimum Gasteiger partial charge on any atom is -0.493 e. The van der Waals surface area contributed by atoms with Crippen LogP contribution in [0.1, 0.15) is 5.56 Å². The average molecular weight is 203 g/mol. The molecule has 1 aliphatic rings. The molecule has 0 saturated heterocycles. The maximum Gasteiger partial charge on any atom is 0.184 e. The number of hydrogen-bond acceptors (Lipinski definition) is 3. The summed E-state index contributed by atoms with van der Waals surface area (Å²) in [4.78, 5) is 0. The Bertz CT molecular complexity index is 422. The quantitative estimate of drug-likeness (QED) is 0.801. The molecule has 1 aliphatic heterocycles. The van der Waals surface area contributed by atoms with Gasteiger partial charge in [0.05, 0.1) is 19.9 Å². The highest BCUT2D eigenvalue weighted by Gasteiger charge is 2.12. The summed E-state index contributed by atoms with van der Waals surface area (Å²) >= 11 is 0. The van der Waals surface area contributed by atoms with Gasteiger partial charge in [-0.1, -0.05) is 12.2 Å². The van der Waals surface area contributed by atoms with E-state index >= 15 is 0 Å². The van der Waals surface area contributed by atoms with Crippen LogP contribution in [-0.4, -0.2) is 14.2 Å². The lowest BCUT2D eigenvalue weighted by atomic mass is 10.1. The van der Waals surface area contributed by atoms with Gasteiger partial charge in [0, 0.05) is 11.8 Å². The van der Waals surface area contributed by atoms with Crippen molar-refractivity contribution in [2.45, 2.75) is 0 Å². The average Bonchev–Trinajstić information content (AvgIpc) is 2.52. The molecule has 15 heavy (non-hydrogen) atoms. The van der Waals surface area contributed by atoms with E-state index in [4.69, 9.17) is 9.47 Å². The number of methoxy groups -OCH3 is 2. The van der Waals surface area contributed by atoms with Gasteiger partial charge in [0.25, 0.3) is 0 Å². The standard InChI is InChI=1S/C12H13NO2/c1-14-10-7-6-9-5-3-4-8-13-11(9)12(10)15-2/h3-8,13H,1-2H3. The van der Waals surface area contributed by atoms with Crippen LogP contribution < -0.4 is 14.8 Å². The smallest absolute Gasteiger partial charge is 0.184 e. The van der Waals surface area contributed by atoms with Crippen LogP contribution in [-0.2, 0) is 0 Å². The zero-order valence-corrected chi connectivity index (χ0v) is 8.78. The van der Waals surface area contributed by atoms with Gasteiger partial charge >= 0.3 is 0 Å². The largest absolute Gasteiger partial charge is 0.493 e. The van der Waals surface area contributed by atoms with Crippen LogP contribution in [0, 0.1) is 0 Å². The van der Waals surface area contributed by atoms with Crippen molar-refractivity contribution in [1.82, 2.24) is 0 Å². The van der Waals surface area contributed by atoms with E-state index in [1.165, 1.54) is 0 Å². The van der Waals surface area contributed by atoms with Crippen molar-refractivity contribution >= 4 is 11.8 Å². The van der Waals surface area contributed by atoms with Gasteiger partial charge in [-0.15, -0.1) is 0 Å². The minimum atomic E-state index is 0.728. The molecular weight excluding hydrogens is 190 g/mol. The topological polar surface area (TPSA) is 30.5 Å². The molecule has 0 saturated carbocycles. The Morgan fingerprint density at radius 2 is 1.93 bits per heavy atom. The van der Waals surface area contributed by atoms with Gasteiger partial charge in [0.15, 0.2) is 11.5 Å².